The molecule has 4 fully saturated rings. The van der Waals surface area contributed by atoms with Gasteiger partial charge in [0.25, 0.3) is 5.91 Å². The molecule has 7 rings (SSSR count). The zero-order valence-electron chi connectivity index (χ0n) is 29.6. The first-order valence-corrected chi connectivity index (χ1v) is 18.9. The molecule has 1 aromatic rings. The van der Waals surface area contributed by atoms with Gasteiger partial charge < -0.3 is 15.2 Å². The second kappa shape index (κ2) is 13.6. The number of ether oxygens (including phenoxy) is 1. The van der Waals surface area contributed by atoms with Crippen LogP contribution < -0.4 is 5.32 Å². The average molecular weight is 656 g/mol. The fraction of sp³-hybridized carbons (Fsp3) is 0.683. The van der Waals surface area contributed by atoms with Gasteiger partial charge in [-0.3, -0.25) is 14.5 Å². The molecule has 1 spiro atoms. The minimum atomic E-state index is -0.310. The molecule has 0 bridgehead atoms. The number of hydrogen-bond acceptors (Lipinski definition) is 5. The van der Waals surface area contributed by atoms with Gasteiger partial charge in [-0.1, -0.05) is 73.9 Å². The van der Waals surface area contributed by atoms with E-state index in [9.17, 15) is 14.7 Å². The summed E-state index contributed by atoms with van der Waals surface area (Å²) < 4.78 is 7.26. The van der Waals surface area contributed by atoms with E-state index in [4.69, 9.17) is 4.74 Å². The first kappa shape index (κ1) is 33.9. The van der Waals surface area contributed by atoms with Crippen molar-refractivity contribution in [3.63, 3.8) is 0 Å². The van der Waals surface area contributed by atoms with Gasteiger partial charge in [-0.05, 0) is 106 Å². The lowest BCUT2D eigenvalue weighted by Crippen LogP contribution is -2.53. The number of aliphatic hydroxyl groups is 1. The molecule has 6 aliphatic rings. The Kier molecular flexibility index (Phi) is 9.60. The molecule has 7 heteroatoms. The third-order valence-corrected chi connectivity index (χ3v) is 13.8. The number of benzene rings is 1. The first-order chi connectivity index (χ1) is 23.1. The van der Waals surface area contributed by atoms with E-state index >= 15 is 0 Å². The van der Waals surface area contributed by atoms with Crippen molar-refractivity contribution in [2.24, 2.45) is 40.0 Å². The highest BCUT2D eigenvalue weighted by atomic mass is 16.5. The molecule has 0 unspecified atom stereocenters. The third kappa shape index (κ3) is 6.40. The average Bonchev–Trinajstić information content (AvgIpc) is 3.53. The number of amides is 2. The quantitative estimate of drug-likeness (QED) is 0.260. The third-order valence-electron chi connectivity index (χ3n) is 13.8. The van der Waals surface area contributed by atoms with Gasteiger partial charge in [-0.15, -0.1) is 0 Å². The van der Waals surface area contributed by atoms with Gasteiger partial charge >= 0.3 is 0 Å². The van der Waals surface area contributed by atoms with Gasteiger partial charge in [0.1, 0.15) is 0 Å². The molecule has 48 heavy (non-hydrogen) atoms. The van der Waals surface area contributed by atoms with E-state index in [0.29, 0.717) is 49.1 Å². The summed E-state index contributed by atoms with van der Waals surface area (Å²) in [6.07, 6.45) is 14.5. The Labute approximate surface area is 287 Å². The summed E-state index contributed by atoms with van der Waals surface area (Å²) in [6.45, 7) is 12.0. The number of likely N-dealkylation sites (tertiary alicyclic amines) is 1. The number of rotatable bonds is 7. The minimum absolute atomic E-state index is 0.126. The van der Waals surface area contributed by atoms with E-state index in [1.807, 2.05) is 30.3 Å². The Morgan fingerprint density at radius 1 is 1.15 bits per heavy atom. The highest BCUT2D eigenvalue weighted by Gasteiger charge is 2.59. The van der Waals surface area contributed by atoms with Crippen molar-refractivity contribution in [1.29, 1.82) is 0 Å². The number of aryl methyl sites for hydroxylation is 1. The number of carbonyl (C=O) groups excluding carboxylic acids is 2. The molecule has 0 aromatic heterocycles. The van der Waals surface area contributed by atoms with Gasteiger partial charge in [0.2, 0.25) is 5.91 Å². The number of nitrogens with zero attached hydrogens (tertiary/aromatic N) is 2. The monoisotopic (exact) mass is 655 g/mol. The number of allylic oxidation sites excluding steroid dienone is 2. The maximum Gasteiger partial charge on any atom is 0.262 e. The zero-order chi connectivity index (χ0) is 33.6. The SMILES string of the molecule is CC1=C2C[C@H]3[C@@H](CC=C4C[C@@H](O)CC[C@@]43C)[C@@H]2CC[C@@]2(C1)O[C@@H]1C[C@H](C)CN(CCNC(=O)/C=N/C(=O)CCc3ccccc3)[C@H]1[C@H]2C. The Balaban J connectivity index is 0.970. The van der Waals surface area contributed by atoms with Gasteiger partial charge in [0.05, 0.1) is 24.0 Å². The molecule has 10 atom stereocenters. The van der Waals surface area contributed by atoms with Crippen LogP contribution >= 0.6 is 0 Å². The zero-order valence-corrected chi connectivity index (χ0v) is 29.6. The van der Waals surface area contributed by atoms with E-state index in [1.54, 1.807) is 11.1 Å². The smallest absolute Gasteiger partial charge is 0.262 e. The topological polar surface area (TPSA) is 91.2 Å². The lowest BCUT2D eigenvalue weighted by atomic mass is 9.56. The fourth-order valence-electron chi connectivity index (χ4n) is 11.3. The molecule has 1 aromatic carbocycles. The Morgan fingerprint density at radius 2 is 1.96 bits per heavy atom. The summed E-state index contributed by atoms with van der Waals surface area (Å²) in [6, 6.07) is 10.2. The number of nitrogens with one attached hydrogen (secondary N) is 1. The standard InChI is InChI=1S/C41H57N3O4/c1-26-20-36-39(44(25-26)19-18-42-38(47)24-43-37(46)13-10-29-8-6-5-7-9-29)28(3)41(48-36)17-15-32-33-12-11-30-21-31(45)14-16-40(30,4)35(33)22-34(32)27(2)23-41/h5-9,11,24,26,28,31-33,35-36,39,45H,10,12-23,25H2,1-4H3,(H,42,47)/b43-24+/t26-,28+,31-,32-,33-,35-,36+,39-,40-,41-/m0/s1. The summed E-state index contributed by atoms with van der Waals surface area (Å²) in [5.41, 5.74) is 6.08. The van der Waals surface area contributed by atoms with Crippen molar-refractivity contribution in [1.82, 2.24) is 10.2 Å². The Bertz CT molecular complexity index is 1470. The predicted octanol–water partition coefficient (Wildman–Crippen LogP) is 6.45. The fourth-order valence-corrected chi connectivity index (χ4v) is 11.3. The van der Waals surface area contributed by atoms with E-state index in [1.165, 1.54) is 24.8 Å². The van der Waals surface area contributed by atoms with Crippen LogP contribution in [-0.2, 0) is 20.7 Å². The summed E-state index contributed by atoms with van der Waals surface area (Å²) in [4.78, 5) is 31.3. The maximum atomic E-state index is 12.6. The second-order valence-corrected chi connectivity index (χ2v) is 16.6. The van der Waals surface area contributed by atoms with Crippen molar-refractivity contribution < 1.29 is 19.4 Å². The van der Waals surface area contributed by atoms with Gasteiger partial charge in [-0.2, -0.15) is 0 Å². The number of piperidine rings is 1. The summed E-state index contributed by atoms with van der Waals surface area (Å²) in [5, 5.41) is 13.4. The van der Waals surface area contributed by atoms with Gasteiger partial charge in [-0.25, -0.2) is 4.99 Å². The van der Waals surface area contributed by atoms with Crippen molar-refractivity contribution in [2.45, 2.75) is 122 Å². The van der Waals surface area contributed by atoms with Crippen LogP contribution in [0.2, 0.25) is 0 Å². The van der Waals surface area contributed by atoms with Gasteiger partial charge in [0.15, 0.2) is 0 Å². The number of hydrogen-bond donors (Lipinski definition) is 2. The summed E-state index contributed by atoms with van der Waals surface area (Å²) >= 11 is 0. The van der Waals surface area contributed by atoms with Crippen LogP contribution in [0.25, 0.3) is 0 Å². The molecule has 2 aliphatic heterocycles. The molecule has 2 saturated carbocycles. The molecule has 2 N–H and O–H groups in total. The van der Waals surface area contributed by atoms with E-state index in [0.717, 1.165) is 69.3 Å². The molecule has 2 amide bonds. The minimum Gasteiger partial charge on any atom is -0.393 e. The van der Waals surface area contributed by atoms with E-state index < -0.39 is 0 Å². The van der Waals surface area contributed by atoms with Crippen molar-refractivity contribution in [3.8, 4) is 0 Å². The lowest BCUT2D eigenvalue weighted by Gasteiger charge is -2.49. The predicted molar refractivity (Wildman–Crippen MR) is 189 cm³/mol. The highest BCUT2D eigenvalue weighted by molar-refractivity contribution is 6.28. The summed E-state index contributed by atoms with van der Waals surface area (Å²) in [5.74, 6) is 2.46. The van der Waals surface area contributed by atoms with Crippen LogP contribution in [0, 0.1) is 35.0 Å². The first-order valence-electron chi connectivity index (χ1n) is 18.9. The van der Waals surface area contributed by atoms with E-state index in [-0.39, 0.29) is 35.0 Å². The molecular formula is C41H57N3O4. The van der Waals surface area contributed by atoms with Crippen LogP contribution in [0.3, 0.4) is 0 Å². The van der Waals surface area contributed by atoms with Crippen molar-refractivity contribution >= 4 is 18.0 Å². The molecule has 2 saturated heterocycles. The van der Waals surface area contributed by atoms with Crippen LogP contribution in [0.5, 0.6) is 0 Å². The van der Waals surface area contributed by atoms with Crippen LogP contribution in [0.1, 0.15) is 97.5 Å². The molecular weight excluding hydrogens is 598 g/mol. The Hall–Kier alpha value is -2.61. The Morgan fingerprint density at radius 3 is 2.77 bits per heavy atom. The van der Waals surface area contributed by atoms with Crippen molar-refractivity contribution in [3.05, 3.63) is 58.7 Å². The second-order valence-electron chi connectivity index (χ2n) is 16.6. The number of fused-ring (bicyclic) bond motifs is 6. The number of aliphatic imine (C=N–C) groups is 1. The highest BCUT2D eigenvalue weighted by Crippen LogP contribution is 2.64. The van der Waals surface area contributed by atoms with Crippen LogP contribution in [0.15, 0.2) is 58.1 Å². The number of carbonyl (C=O) groups is 2. The molecule has 2 heterocycles. The summed E-state index contributed by atoms with van der Waals surface area (Å²) in [7, 11) is 0. The van der Waals surface area contributed by atoms with Crippen LogP contribution in [0.4, 0.5) is 0 Å². The van der Waals surface area contributed by atoms with E-state index in [2.05, 4.69) is 49.0 Å². The molecule has 0 radical (unpaired) electrons. The van der Waals surface area contributed by atoms with Crippen LogP contribution in [-0.4, -0.2) is 71.5 Å². The maximum absolute atomic E-state index is 12.6. The largest absolute Gasteiger partial charge is 0.393 e. The lowest BCUT2D eigenvalue weighted by molar-refractivity contribution is -0.118. The van der Waals surface area contributed by atoms with Gasteiger partial charge in [0, 0.05) is 38.0 Å². The number of aliphatic hydroxyl groups excluding tert-OH is 1. The molecule has 7 nitrogen and oxygen atoms in total. The molecule has 4 aliphatic carbocycles. The normalized spacial score (nSPS) is 39.4. The molecule has 260 valence electrons. The van der Waals surface area contributed by atoms with Crippen molar-refractivity contribution in [2.75, 3.05) is 19.6 Å².